The number of amides is 1. The van der Waals surface area contributed by atoms with Crippen molar-refractivity contribution in [3.05, 3.63) is 41.5 Å². The van der Waals surface area contributed by atoms with Crippen molar-refractivity contribution < 1.29 is 4.79 Å². The quantitative estimate of drug-likeness (QED) is 0.758. The van der Waals surface area contributed by atoms with Crippen molar-refractivity contribution in [2.45, 2.75) is 38.5 Å². The summed E-state index contributed by atoms with van der Waals surface area (Å²) in [5, 5.41) is 14.9. The molecule has 0 aliphatic heterocycles. The molecule has 1 aliphatic rings. The topological polar surface area (TPSA) is 64.9 Å². The van der Waals surface area contributed by atoms with Gasteiger partial charge in [0, 0.05) is 25.2 Å². The Bertz CT molecular complexity index is 555. The van der Waals surface area contributed by atoms with Crippen molar-refractivity contribution in [1.82, 2.24) is 5.32 Å². The third kappa shape index (κ3) is 5.61. The molecule has 0 atom stereocenters. The van der Waals surface area contributed by atoms with Crippen molar-refractivity contribution >= 4 is 11.6 Å². The molecule has 0 spiro atoms. The monoisotopic (exact) mass is 297 g/mol. The summed E-state index contributed by atoms with van der Waals surface area (Å²) in [6, 6.07) is 9.32. The highest BCUT2D eigenvalue weighted by atomic mass is 16.1. The second-order valence-corrected chi connectivity index (χ2v) is 5.57. The number of carbonyl (C=O) groups is 1. The van der Waals surface area contributed by atoms with Gasteiger partial charge in [0.05, 0.1) is 11.6 Å². The van der Waals surface area contributed by atoms with Crippen LogP contribution < -0.4 is 10.6 Å². The predicted octanol–water partition coefficient (Wildman–Crippen LogP) is 3.37. The molecule has 1 amide bonds. The van der Waals surface area contributed by atoms with Crippen LogP contribution in [0.15, 0.2) is 35.9 Å². The van der Waals surface area contributed by atoms with Gasteiger partial charge in [0.25, 0.3) is 0 Å². The zero-order chi connectivity index (χ0) is 15.6. The summed E-state index contributed by atoms with van der Waals surface area (Å²) < 4.78 is 0. The third-order valence-electron chi connectivity index (χ3n) is 3.85. The molecule has 0 saturated carbocycles. The number of allylic oxidation sites excluding steroid dienone is 1. The van der Waals surface area contributed by atoms with E-state index < -0.39 is 0 Å². The van der Waals surface area contributed by atoms with Gasteiger partial charge >= 0.3 is 0 Å². The minimum atomic E-state index is 0.0811. The first-order chi connectivity index (χ1) is 10.8. The van der Waals surface area contributed by atoms with Gasteiger partial charge in [-0.15, -0.1) is 0 Å². The van der Waals surface area contributed by atoms with Gasteiger partial charge in [-0.3, -0.25) is 4.79 Å². The molecule has 1 aromatic rings. The molecule has 0 saturated heterocycles. The second-order valence-electron chi connectivity index (χ2n) is 5.57. The molecule has 1 aromatic carbocycles. The fraction of sp³-hybridized carbons (Fsp3) is 0.444. The molecule has 0 unspecified atom stereocenters. The summed E-state index contributed by atoms with van der Waals surface area (Å²) >= 11 is 0. The van der Waals surface area contributed by atoms with Crippen molar-refractivity contribution in [3.63, 3.8) is 0 Å². The van der Waals surface area contributed by atoms with Gasteiger partial charge in [-0.25, -0.2) is 0 Å². The zero-order valence-corrected chi connectivity index (χ0v) is 12.9. The fourth-order valence-corrected chi connectivity index (χ4v) is 2.57. The largest absolute Gasteiger partial charge is 0.385 e. The van der Waals surface area contributed by atoms with Crippen LogP contribution in [0.5, 0.6) is 0 Å². The van der Waals surface area contributed by atoms with Crippen LogP contribution in [0, 0.1) is 11.3 Å². The van der Waals surface area contributed by atoms with Crippen LogP contribution in [0.2, 0.25) is 0 Å². The Morgan fingerprint density at radius 3 is 2.68 bits per heavy atom. The van der Waals surface area contributed by atoms with Gasteiger partial charge in [-0.2, -0.15) is 5.26 Å². The summed E-state index contributed by atoms with van der Waals surface area (Å²) in [6.45, 7) is 1.34. The van der Waals surface area contributed by atoms with Gasteiger partial charge in [0.2, 0.25) is 5.91 Å². The van der Waals surface area contributed by atoms with Crippen LogP contribution in [0.4, 0.5) is 5.69 Å². The lowest BCUT2D eigenvalue weighted by molar-refractivity contribution is -0.120. The van der Waals surface area contributed by atoms with Crippen LogP contribution in [0.1, 0.15) is 44.1 Å². The van der Waals surface area contributed by atoms with Gasteiger partial charge in [0.1, 0.15) is 0 Å². The minimum Gasteiger partial charge on any atom is -0.385 e. The molecule has 0 bridgehead atoms. The Morgan fingerprint density at radius 2 is 2.00 bits per heavy atom. The summed E-state index contributed by atoms with van der Waals surface area (Å²) in [6.07, 6.45) is 8.73. The van der Waals surface area contributed by atoms with E-state index in [0.29, 0.717) is 18.5 Å². The molecule has 2 rings (SSSR count). The molecule has 1 aliphatic carbocycles. The maximum absolute atomic E-state index is 11.8. The number of benzene rings is 1. The van der Waals surface area contributed by atoms with E-state index >= 15 is 0 Å². The lowest BCUT2D eigenvalue weighted by Crippen LogP contribution is -2.26. The van der Waals surface area contributed by atoms with E-state index in [9.17, 15) is 4.79 Å². The first-order valence-corrected chi connectivity index (χ1v) is 7.96. The molecule has 4 heteroatoms. The number of hydrogen-bond acceptors (Lipinski definition) is 3. The molecule has 22 heavy (non-hydrogen) atoms. The van der Waals surface area contributed by atoms with Gasteiger partial charge in [-0.05, 0) is 56.4 Å². The number of rotatable bonds is 7. The maximum Gasteiger partial charge on any atom is 0.221 e. The Labute approximate surface area is 132 Å². The Hall–Kier alpha value is -2.28. The predicted molar refractivity (Wildman–Crippen MR) is 88.4 cm³/mol. The highest BCUT2D eigenvalue weighted by Crippen LogP contribution is 2.19. The van der Waals surface area contributed by atoms with Crippen molar-refractivity contribution in [1.29, 1.82) is 5.26 Å². The second kappa shape index (κ2) is 8.89. The number of nitrogens with zero attached hydrogens (tertiary/aromatic N) is 1. The van der Waals surface area contributed by atoms with E-state index in [4.69, 9.17) is 5.26 Å². The molecule has 4 nitrogen and oxygen atoms in total. The smallest absolute Gasteiger partial charge is 0.221 e. The Morgan fingerprint density at radius 1 is 1.18 bits per heavy atom. The van der Waals surface area contributed by atoms with E-state index in [1.807, 2.05) is 12.1 Å². The number of anilines is 1. The molecular weight excluding hydrogens is 274 g/mol. The number of hydrogen-bond donors (Lipinski definition) is 2. The van der Waals surface area contributed by atoms with Crippen molar-refractivity contribution in [2.24, 2.45) is 0 Å². The molecular formula is C18H23N3O. The number of nitrogens with one attached hydrogen (secondary N) is 2. The molecule has 0 heterocycles. The number of nitriles is 1. The Kier molecular flexibility index (Phi) is 6.50. The van der Waals surface area contributed by atoms with Crippen LogP contribution in [0.25, 0.3) is 0 Å². The van der Waals surface area contributed by atoms with Gasteiger partial charge in [-0.1, -0.05) is 11.6 Å². The summed E-state index contributed by atoms with van der Waals surface area (Å²) in [5.41, 5.74) is 3.06. The summed E-state index contributed by atoms with van der Waals surface area (Å²) in [5.74, 6) is 0.0811. The highest BCUT2D eigenvalue weighted by Gasteiger charge is 2.05. The highest BCUT2D eigenvalue weighted by molar-refractivity contribution is 5.76. The van der Waals surface area contributed by atoms with Gasteiger partial charge in [0.15, 0.2) is 0 Å². The third-order valence-corrected chi connectivity index (χ3v) is 3.85. The molecule has 116 valence electrons. The van der Waals surface area contributed by atoms with Crippen LogP contribution >= 0.6 is 0 Å². The van der Waals surface area contributed by atoms with Crippen molar-refractivity contribution in [3.8, 4) is 6.07 Å². The SMILES string of the molecule is N#Cc1ccc(NCCC(=O)NCCC2=CCCCC2)cc1. The van der Waals surface area contributed by atoms with Crippen LogP contribution in [0.3, 0.4) is 0 Å². The van der Waals surface area contributed by atoms with Crippen LogP contribution in [-0.2, 0) is 4.79 Å². The normalized spacial score (nSPS) is 13.9. The molecule has 0 fully saturated rings. The van der Waals surface area contributed by atoms with E-state index in [1.54, 1.807) is 12.1 Å². The summed E-state index contributed by atoms with van der Waals surface area (Å²) in [4.78, 5) is 11.8. The molecule has 0 aromatic heterocycles. The maximum atomic E-state index is 11.8. The first-order valence-electron chi connectivity index (χ1n) is 7.96. The first kappa shape index (κ1) is 16.1. The molecule has 2 N–H and O–H groups in total. The lowest BCUT2D eigenvalue weighted by atomic mass is 9.97. The fourth-order valence-electron chi connectivity index (χ4n) is 2.57. The summed E-state index contributed by atoms with van der Waals surface area (Å²) in [7, 11) is 0. The number of carbonyl (C=O) groups excluding carboxylic acids is 1. The van der Waals surface area contributed by atoms with E-state index in [1.165, 1.54) is 31.3 Å². The van der Waals surface area contributed by atoms with E-state index in [2.05, 4.69) is 22.8 Å². The Balaban J connectivity index is 1.59. The zero-order valence-electron chi connectivity index (χ0n) is 12.9. The van der Waals surface area contributed by atoms with Gasteiger partial charge < -0.3 is 10.6 Å². The van der Waals surface area contributed by atoms with E-state index in [-0.39, 0.29) is 5.91 Å². The average Bonchev–Trinajstić information content (AvgIpc) is 2.56. The minimum absolute atomic E-state index is 0.0811. The van der Waals surface area contributed by atoms with E-state index in [0.717, 1.165) is 18.7 Å². The van der Waals surface area contributed by atoms with Crippen molar-refractivity contribution in [2.75, 3.05) is 18.4 Å². The molecule has 0 radical (unpaired) electrons. The average molecular weight is 297 g/mol. The van der Waals surface area contributed by atoms with Crippen LogP contribution in [-0.4, -0.2) is 19.0 Å². The standard InChI is InChI=1S/C18H23N3O/c19-14-16-6-8-17(9-7-16)20-13-11-18(22)21-12-10-15-4-2-1-3-5-15/h4,6-9,20H,1-3,5,10-13H2,(H,21,22). The lowest BCUT2D eigenvalue weighted by Gasteiger charge is -2.13.